The van der Waals surface area contributed by atoms with E-state index in [1.807, 2.05) is 13.8 Å². The maximum atomic E-state index is 12.7. The van der Waals surface area contributed by atoms with Gasteiger partial charge in [-0.15, -0.1) is 0 Å². The number of rotatable bonds is 5. The molecular formula is C29H44O9. The van der Waals surface area contributed by atoms with Gasteiger partial charge in [-0.05, 0) is 69.1 Å². The molecule has 0 aliphatic heterocycles. The van der Waals surface area contributed by atoms with Crippen molar-refractivity contribution in [3.05, 3.63) is 0 Å². The van der Waals surface area contributed by atoms with Crippen molar-refractivity contribution in [1.82, 2.24) is 0 Å². The number of fused-ring (bicyclic) bond motifs is 5. The van der Waals surface area contributed by atoms with Crippen LogP contribution in [0.2, 0.25) is 0 Å². The third-order valence-electron chi connectivity index (χ3n) is 10.7. The van der Waals surface area contributed by atoms with Gasteiger partial charge in [-0.3, -0.25) is 19.2 Å². The van der Waals surface area contributed by atoms with Gasteiger partial charge in [0.15, 0.2) is 0 Å². The molecule has 4 aliphatic carbocycles. The van der Waals surface area contributed by atoms with Gasteiger partial charge >= 0.3 is 23.9 Å². The molecule has 0 aromatic carbocycles. The summed E-state index contributed by atoms with van der Waals surface area (Å²) in [5, 5.41) is 12.7. The number of carbonyl (C=O) groups excluding carboxylic acids is 4. The van der Waals surface area contributed by atoms with Gasteiger partial charge in [0, 0.05) is 44.9 Å². The SMILES string of the molecule is CC(=O)OC1CCC2(C)C(CCC3C2C(OC(C)=O)C(OC(C)=O)C2(C)C(C(C)OC(C)=O)CCC32O)C1. The van der Waals surface area contributed by atoms with Crippen LogP contribution in [-0.2, 0) is 38.1 Å². The Morgan fingerprint density at radius 2 is 1.45 bits per heavy atom. The molecule has 4 saturated carbocycles. The second-order valence-electron chi connectivity index (χ2n) is 12.7. The summed E-state index contributed by atoms with van der Waals surface area (Å²) < 4.78 is 23.3. The van der Waals surface area contributed by atoms with Crippen LogP contribution in [0.4, 0.5) is 0 Å². The summed E-state index contributed by atoms with van der Waals surface area (Å²) in [5.41, 5.74) is -2.55. The summed E-state index contributed by atoms with van der Waals surface area (Å²) in [6.45, 7) is 11.4. The molecule has 11 atom stereocenters. The van der Waals surface area contributed by atoms with Crippen LogP contribution in [0.25, 0.3) is 0 Å². The Balaban J connectivity index is 1.82. The van der Waals surface area contributed by atoms with Crippen LogP contribution in [0, 0.1) is 34.5 Å². The molecule has 0 saturated heterocycles. The Morgan fingerprint density at radius 3 is 2.03 bits per heavy atom. The van der Waals surface area contributed by atoms with Crippen LogP contribution in [-0.4, -0.2) is 59.0 Å². The van der Waals surface area contributed by atoms with Gasteiger partial charge < -0.3 is 24.1 Å². The predicted molar refractivity (Wildman–Crippen MR) is 135 cm³/mol. The first kappa shape index (κ1) is 28.8. The van der Waals surface area contributed by atoms with Crippen molar-refractivity contribution in [1.29, 1.82) is 0 Å². The number of ether oxygens (including phenoxy) is 4. The van der Waals surface area contributed by atoms with Gasteiger partial charge in [0.25, 0.3) is 0 Å². The Bertz CT molecular complexity index is 979. The van der Waals surface area contributed by atoms with E-state index >= 15 is 0 Å². The van der Waals surface area contributed by atoms with Crippen molar-refractivity contribution in [2.24, 2.45) is 34.5 Å². The average Bonchev–Trinajstić information content (AvgIpc) is 3.07. The van der Waals surface area contributed by atoms with Gasteiger partial charge in [-0.1, -0.05) is 13.8 Å². The zero-order chi connectivity index (χ0) is 28.2. The minimum absolute atomic E-state index is 0.157. The van der Waals surface area contributed by atoms with Crippen molar-refractivity contribution in [3.63, 3.8) is 0 Å². The van der Waals surface area contributed by atoms with Crippen LogP contribution < -0.4 is 0 Å². The molecule has 38 heavy (non-hydrogen) atoms. The first-order valence-corrected chi connectivity index (χ1v) is 14.1. The summed E-state index contributed by atoms with van der Waals surface area (Å²) in [6.07, 6.45) is 2.40. The minimum atomic E-state index is -1.21. The highest BCUT2D eigenvalue weighted by Crippen LogP contribution is 2.70. The molecule has 0 aromatic rings. The molecule has 9 nitrogen and oxygen atoms in total. The van der Waals surface area contributed by atoms with Gasteiger partial charge in [0.1, 0.15) is 24.4 Å². The summed E-state index contributed by atoms with van der Waals surface area (Å²) >= 11 is 0. The minimum Gasteiger partial charge on any atom is -0.463 e. The van der Waals surface area contributed by atoms with Gasteiger partial charge in [-0.2, -0.15) is 0 Å². The Kier molecular flexibility index (Phi) is 7.67. The molecule has 214 valence electrons. The molecule has 4 fully saturated rings. The van der Waals surface area contributed by atoms with E-state index in [9.17, 15) is 24.3 Å². The second-order valence-corrected chi connectivity index (χ2v) is 12.7. The molecule has 0 bridgehead atoms. The number of aliphatic hydroxyl groups is 1. The molecule has 0 aromatic heterocycles. The van der Waals surface area contributed by atoms with Crippen LogP contribution in [0.5, 0.6) is 0 Å². The van der Waals surface area contributed by atoms with E-state index in [0.717, 1.165) is 12.8 Å². The molecule has 1 N–H and O–H groups in total. The first-order valence-electron chi connectivity index (χ1n) is 14.1. The second kappa shape index (κ2) is 10.1. The Labute approximate surface area is 225 Å². The summed E-state index contributed by atoms with van der Waals surface area (Å²) in [7, 11) is 0. The molecule has 0 heterocycles. The lowest BCUT2D eigenvalue weighted by atomic mass is 9.41. The average molecular weight is 537 g/mol. The van der Waals surface area contributed by atoms with E-state index in [2.05, 4.69) is 6.92 Å². The molecule has 4 rings (SSSR count). The number of hydrogen-bond acceptors (Lipinski definition) is 9. The topological polar surface area (TPSA) is 125 Å². The van der Waals surface area contributed by atoms with E-state index in [4.69, 9.17) is 18.9 Å². The highest BCUT2D eigenvalue weighted by atomic mass is 16.6. The molecular weight excluding hydrogens is 492 g/mol. The predicted octanol–water partition coefficient (Wildman–Crippen LogP) is 3.73. The molecule has 0 spiro atoms. The van der Waals surface area contributed by atoms with Gasteiger partial charge in [0.05, 0.1) is 5.60 Å². The van der Waals surface area contributed by atoms with Crippen molar-refractivity contribution < 1.29 is 43.2 Å². The zero-order valence-electron chi connectivity index (χ0n) is 23.8. The normalized spacial score (nSPS) is 44.5. The summed E-state index contributed by atoms with van der Waals surface area (Å²) in [4.78, 5) is 48.6. The Morgan fingerprint density at radius 1 is 0.816 bits per heavy atom. The molecule has 0 radical (unpaired) electrons. The number of esters is 4. The van der Waals surface area contributed by atoms with E-state index in [1.165, 1.54) is 27.7 Å². The van der Waals surface area contributed by atoms with Crippen LogP contribution >= 0.6 is 0 Å². The van der Waals surface area contributed by atoms with Gasteiger partial charge in [0.2, 0.25) is 0 Å². The highest BCUT2D eigenvalue weighted by molar-refractivity contribution is 5.68. The number of carbonyl (C=O) groups is 4. The lowest BCUT2D eigenvalue weighted by Gasteiger charge is -2.67. The van der Waals surface area contributed by atoms with E-state index in [1.54, 1.807) is 0 Å². The molecule has 9 heteroatoms. The van der Waals surface area contributed by atoms with E-state index < -0.39 is 47.2 Å². The Hall–Kier alpha value is -2.16. The van der Waals surface area contributed by atoms with E-state index in [-0.39, 0.29) is 41.2 Å². The maximum absolute atomic E-state index is 12.7. The molecule has 11 unspecified atom stereocenters. The fourth-order valence-electron chi connectivity index (χ4n) is 9.37. The fraction of sp³-hybridized carbons (Fsp3) is 0.862. The lowest BCUT2D eigenvalue weighted by molar-refractivity contribution is -0.296. The first-order chi connectivity index (χ1) is 17.6. The van der Waals surface area contributed by atoms with Crippen molar-refractivity contribution in [2.45, 2.75) is 123 Å². The fourth-order valence-corrected chi connectivity index (χ4v) is 9.37. The standard InChI is InChI=1S/C29H44O9/c1-15(35-16(2)30)22-11-13-29(34)23-9-8-20-14-21(36-17(3)31)10-12-27(20,6)24(23)25(37-18(4)32)26(28(22,29)7)38-19(5)33/h15,20-26,34H,8-14H2,1-7H3. The largest absolute Gasteiger partial charge is 0.463 e. The summed E-state index contributed by atoms with van der Waals surface area (Å²) in [6, 6.07) is 0. The quantitative estimate of drug-likeness (QED) is 0.413. The smallest absolute Gasteiger partial charge is 0.303 e. The monoisotopic (exact) mass is 536 g/mol. The van der Waals surface area contributed by atoms with Gasteiger partial charge in [-0.25, -0.2) is 0 Å². The zero-order valence-corrected chi connectivity index (χ0v) is 23.8. The van der Waals surface area contributed by atoms with Crippen LogP contribution in [0.15, 0.2) is 0 Å². The third kappa shape index (κ3) is 4.52. The molecule has 0 amide bonds. The third-order valence-corrected chi connectivity index (χ3v) is 10.7. The van der Waals surface area contributed by atoms with Crippen molar-refractivity contribution >= 4 is 23.9 Å². The summed E-state index contributed by atoms with van der Waals surface area (Å²) in [5.74, 6) is -2.26. The van der Waals surface area contributed by atoms with Crippen molar-refractivity contribution in [2.75, 3.05) is 0 Å². The number of hydrogen-bond donors (Lipinski definition) is 1. The maximum Gasteiger partial charge on any atom is 0.303 e. The van der Waals surface area contributed by atoms with Crippen LogP contribution in [0.1, 0.15) is 93.4 Å². The highest BCUT2D eigenvalue weighted by Gasteiger charge is 2.76. The van der Waals surface area contributed by atoms with Crippen molar-refractivity contribution in [3.8, 4) is 0 Å². The van der Waals surface area contributed by atoms with Crippen LogP contribution in [0.3, 0.4) is 0 Å². The van der Waals surface area contributed by atoms with E-state index in [0.29, 0.717) is 32.1 Å². The lowest BCUT2D eigenvalue weighted by Crippen LogP contribution is -2.73. The molecule has 4 aliphatic rings.